The summed E-state index contributed by atoms with van der Waals surface area (Å²) in [5, 5.41) is 0.249. The maximum absolute atomic E-state index is 6.53. The van der Waals surface area contributed by atoms with E-state index in [1.165, 1.54) is 64.2 Å². The van der Waals surface area contributed by atoms with Gasteiger partial charge in [-0.25, -0.2) is 0 Å². The summed E-state index contributed by atoms with van der Waals surface area (Å²) in [6.45, 7) is 0. The summed E-state index contributed by atoms with van der Waals surface area (Å²) in [7, 11) is 6.53. The van der Waals surface area contributed by atoms with Crippen LogP contribution in [0.25, 0.3) is 0 Å². The highest BCUT2D eigenvalue weighted by Crippen LogP contribution is 2.51. The van der Waals surface area contributed by atoms with Crippen LogP contribution in [-0.4, -0.2) is 7.85 Å². The highest BCUT2D eigenvalue weighted by molar-refractivity contribution is 6.15. The Labute approximate surface area is 83.9 Å². The molecule has 72 valence electrons. The van der Waals surface area contributed by atoms with Crippen molar-refractivity contribution < 1.29 is 0 Å². The molecule has 0 aromatic heterocycles. The molecule has 0 aromatic rings. The first-order valence-corrected chi connectivity index (χ1v) is 6.10. The van der Waals surface area contributed by atoms with E-state index in [1.807, 2.05) is 0 Å². The molecular weight excluding hydrogens is 155 g/mol. The normalized spacial score (nSPS) is 30.2. The van der Waals surface area contributed by atoms with Gasteiger partial charge in [0.25, 0.3) is 0 Å². The fraction of sp³-hybridized carbons (Fsp3) is 1.00. The fourth-order valence-electron chi connectivity index (χ4n) is 3.30. The van der Waals surface area contributed by atoms with Gasteiger partial charge in [-0.1, -0.05) is 69.5 Å². The monoisotopic (exact) mass is 176 g/mol. The summed E-state index contributed by atoms with van der Waals surface area (Å²) in [5.41, 5.74) is 0. The van der Waals surface area contributed by atoms with E-state index in [0.29, 0.717) is 0 Å². The van der Waals surface area contributed by atoms with Gasteiger partial charge in [0.2, 0.25) is 0 Å². The van der Waals surface area contributed by atoms with Crippen molar-refractivity contribution in [3.8, 4) is 0 Å². The lowest BCUT2D eigenvalue weighted by Gasteiger charge is -2.43. The summed E-state index contributed by atoms with van der Waals surface area (Å²) in [4.78, 5) is 0. The van der Waals surface area contributed by atoms with Gasteiger partial charge in [-0.3, -0.25) is 0 Å². The second kappa shape index (κ2) is 4.06. The van der Waals surface area contributed by atoms with Crippen LogP contribution in [-0.2, 0) is 0 Å². The highest BCUT2D eigenvalue weighted by atomic mass is 14.4. The lowest BCUT2D eigenvalue weighted by molar-refractivity contribution is 0.213. The van der Waals surface area contributed by atoms with Crippen LogP contribution in [0.4, 0.5) is 0 Å². The predicted octanol–water partition coefficient (Wildman–Crippen LogP) is 3.86. The smallest absolute Gasteiger partial charge is 0.0633 e. The molecular formula is C12H21B. The van der Waals surface area contributed by atoms with E-state index in [-0.39, 0.29) is 5.31 Å². The van der Waals surface area contributed by atoms with Gasteiger partial charge >= 0.3 is 0 Å². The third-order valence-corrected chi connectivity index (χ3v) is 4.20. The summed E-state index contributed by atoms with van der Waals surface area (Å²) >= 11 is 0. The molecule has 0 aromatic carbocycles. The van der Waals surface area contributed by atoms with E-state index >= 15 is 0 Å². The Balaban J connectivity index is 1.94. The molecule has 0 unspecified atom stereocenters. The van der Waals surface area contributed by atoms with Gasteiger partial charge in [-0.2, -0.15) is 0 Å². The average molecular weight is 176 g/mol. The molecule has 2 rings (SSSR count). The molecule has 2 fully saturated rings. The quantitative estimate of drug-likeness (QED) is 0.532. The Morgan fingerprint density at radius 3 is 1.92 bits per heavy atom. The third-order valence-electron chi connectivity index (χ3n) is 4.20. The van der Waals surface area contributed by atoms with Gasteiger partial charge in [0.1, 0.15) is 0 Å². The molecule has 13 heavy (non-hydrogen) atoms. The van der Waals surface area contributed by atoms with Crippen LogP contribution in [0.2, 0.25) is 5.31 Å². The Bertz CT molecular complexity index is 153. The van der Waals surface area contributed by atoms with Crippen molar-refractivity contribution in [3.63, 3.8) is 0 Å². The van der Waals surface area contributed by atoms with Crippen molar-refractivity contribution in [2.24, 2.45) is 5.92 Å². The molecule has 0 atom stereocenters. The largest absolute Gasteiger partial charge is 0.0750 e. The maximum atomic E-state index is 6.53. The maximum Gasteiger partial charge on any atom is 0.0750 e. The van der Waals surface area contributed by atoms with E-state index in [1.54, 1.807) is 0 Å². The van der Waals surface area contributed by atoms with Crippen LogP contribution in [0.15, 0.2) is 0 Å². The van der Waals surface area contributed by atoms with Gasteiger partial charge in [0.05, 0.1) is 7.85 Å². The second-order valence-electron chi connectivity index (χ2n) is 5.13. The van der Waals surface area contributed by atoms with Crippen molar-refractivity contribution in [1.29, 1.82) is 0 Å². The summed E-state index contributed by atoms with van der Waals surface area (Å²) in [5.74, 6) is 0.863. The van der Waals surface area contributed by atoms with Crippen molar-refractivity contribution in [2.45, 2.75) is 69.5 Å². The molecule has 0 aliphatic heterocycles. The van der Waals surface area contributed by atoms with Crippen LogP contribution < -0.4 is 0 Å². The topological polar surface area (TPSA) is 0 Å². The standard InChI is InChI=1S/C12H21B/c13-12(9-5-2-6-10-12)11-7-3-1-4-8-11/h11H,1-10H2. The first kappa shape index (κ1) is 9.61. The number of hydrogen-bond acceptors (Lipinski definition) is 0. The molecule has 2 saturated carbocycles. The molecule has 0 N–H and O–H groups in total. The molecule has 2 radical (unpaired) electrons. The minimum atomic E-state index is 0.249. The SMILES string of the molecule is [B]C1(C2CCCCC2)CCCCC1. The molecule has 2 aliphatic rings. The van der Waals surface area contributed by atoms with Crippen molar-refractivity contribution >= 4 is 7.85 Å². The molecule has 1 heteroatoms. The highest BCUT2D eigenvalue weighted by Gasteiger charge is 2.34. The predicted molar refractivity (Wildman–Crippen MR) is 58.1 cm³/mol. The van der Waals surface area contributed by atoms with Crippen LogP contribution in [0.1, 0.15) is 64.2 Å². The summed E-state index contributed by atoms with van der Waals surface area (Å²) in [6.07, 6.45) is 13.9. The van der Waals surface area contributed by atoms with Gasteiger partial charge in [0.15, 0.2) is 0 Å². The van der Waals surface area contributed by atoms with Crippen LogP contribution >= 0.6 is 0 Å². The number of rotatable bonds is 1. The molecule has 0 bridgehead atoms. The Morgan fingerprint density at radius 2 is 1.31 bits per heavy atom. The van der Waals surface area contributed by atoms with Gasteiger partial charge in [-0.05, 0) is 5.92 Å². The van der Waals surface area contributed by atoms with E-state index in [9.17, 15) is 0 Å². The van der Waals surface area contributed by atoms with Crippen LogP contribution in [0.5, 0.6) is 0 Å². The zero-order valence-corrected chi connectivity index (χ0v) is 8.73. The Kier molecular flexibility index (Phi) is 3.01. The summed E-state index contributed by atoms with van der Waals surface area (Å²) in [6, 6.07) is 0. The van der Waals surface area contributed by atoms with Gasteiger partial charge < -0.3 is 0 Å². The molecule has 0 nitrogen and oxygen atoms in total. The van der Waals surface area contributed by atoms with Crippen LogP contribution in [0, 0.1) is 5.92 Å². The first-order chi connectivity index (χ1) is 6.31. The average Bonchev–Trinajstić information content (AvgIpc) is 2.20. The van der Waals surface area contributed by atoms with Crippen LogP contribution in [0.3, 0.4) is 0 Å². The zero-order chi connectivity index (χ0) is 9.15. The first-order valence-electron chi connectivity index (χ1n) is 6.10. The van der Waals surface area contributed by atoms with E-state index in [2.05, 4.69) is 0 Å². The van der Waals surface area contributed by atoms with Crippen molar-refractivity contribution in [1.82, 2.24) is 0 Å². The minimum absolute atomic E-state index is 0.249. The van der Waals surface area contributed by atoms with E-state index < -0.39 is 0 Å². The fourth-order valence-corrected chi connectivity index (χ4v) is 3.30. The Hall–Kier alpha value is 0.0649. The molecule has 0 heterocycles. The van der Waals surface area contributed by atoms with Crippen molar-refractivity contribution in [3.05, 3.63) is 0 Å². The third kappa shape index (κ3) is 2.11. The molecule has 0 amide bonds. The molecule has 2 aliphatic carbocycles. The van der Waals surface area contributed by atoms with Gasteiger partial charge in [-0.15, -0.1) is 0 Å². The van der Waals surface area contributed by atoms with Crippen molar-refractivity contribution in [2.75, 3.05) is 0 Å². The minimum Gasteiger partial charge on any atom is -0.0633 e. The lowest BCUT2D eigenvalue weighted by atomic mass is 9.51. The second-order valence-corrected chi connectivity index (χ2v) is 5.13. The molecule has 0 saturated heterocycles. The van der Waals surface area contributed by atoms with E-state index in [0.717, 1.165) is 5.92 Å². The zero-order valence-electron chi connectivity index (χ0n) is 8.73. The lowest BCUT2D eigenvalue weighted by Crippen LogP contribution is -2.28. The Morgan fingerprint density at radius 1 is 0.769 bits per heavy atom. The molecule has 0 spiro atoms. The summed E-state index contributed by atoms with van der Waals surface area (Å²) < 4.78 is 0. The van der Waals surface area contributed by atoms with Gasteiger partial charge in [0, 0.05) is 0 Å². The van der Waals surface area contributed by atoms with E-state index in [4.69, 9.17) is 7.85 Å². The number of hydrogen-bond donors (Lipinski definition) is 0.